The van der Waals surface area contributed by atoms with Crippen LogP contribution in [0.2, 0.25) is 0 Å². The van der Waals surface area contributed by atoms with Gasteiger partial charge in [-0.15, -0.1) is 0 Å². The number of anilines is 1. The van der Waals surface area contributed by atoms with Crippen molar-refractivity contribution < 1.29 is 24.5 Å². The number of phenols is 1. The summed E-state index contributed by atoms with van der Waals surface area (Å²) in [5, 5.41) is 26.9. The average molecular weight is 645 g/mol. The fraction of sp³-hybridized carbons (Fsp3) is 0.632. The van der Waals surface area contributed by atoms with E-state index in [9.17, 15) is 19.8 Å². The molecule has 3 aliphatic carbocycles. The fourth-order valence-corrected chi connectivity index (χ4v) is 9.48. The Kier molecular flexibility index (Phi) is 8.44. The molecule has 2 saturated carbocycles. The van der Waals surface area contributed by atoms with Crippen molar-refractivity contribution in [2.24, 2.45) is 11.8 Å². The highest BCUT2D eigenvalue weighted by molar-refractivity contribution is 5.84. The van der Waals surface area contributed by atoms with E-state index in [-0.39, 0.29) is 29.6 Å². The van der Waals surface area contributed by atoms with Crippen LogP contribution in [-0.2, 0) is 21.4 Å². The number of piperidine rings is 1. The normalized spacial score (nSPS) is 29.6. The number of nitrogens with two attached hydrogens (primary N) is 1. The summed E-state index contributed by atoms with van der Waals surface area (Å²) >= 11 is 0. The topological polar surface area (TPSA) is 128 Å². The molecular formula is C38H52N4O5. The molecule has 47 heavy (non-hydrogen) atoms. The average Bonchev–Trinajstić information content (AvgIpc) is 3.79. The van der Waals surface area contributed by atoms with Crippen LogP contribution in [0.1, 0.15) is 94.2 Å². The molecule has 5 N–H and O–H groups in total. The second kappa shape index (κ2) is 12.3. The zero-order valence-electron chi connectivity index (χ0n) is 28.2. The molecule has 5 aliphatic rings. The van der Waals surface area contributed by atoms with Crippen LogP contribution in [0.4, 0.5) is 5.69 Å². The molecule has 9 nitrogen and oxygen atoms in total. The van der Waals surface area contributed by atoms with Crippen molar-refractivity contribution in [1.82, 2.24) is 15.1 Å². The standard InChI is InChI=1S/C38H52N4O5/c1-23(2)16-19-40-32(44)6-4-5-28(25-9-12-27(39)13-10-25)36(45)41(3)29-15-17-38(46)31-21-26-11-14-30(43)34-33(26)37(38,35(29)47-34)18-20-42(31)22-24-7-8-24/h9-14,23-24,28-29,31,35,43,46H,4-8,15-22,39H2,1-3H3,(H,40,44). The first-order valence-electron chi connectivity index (χ1n) is 17.9. The van der Waals surface area contributed by atoms with Crippen molar-refractivity contribution >= 4 is 17.5 Å². The molecule has 2 aromatic carbocycles. The lowest BCUT2D eigenvalue weighted by Crippen LogP contribution is -2.78. The molecule has 2 heterocycles. The number of hydrogen-bond acceptors (Lipinski definition) is 7. The number of likely N-dealkylation sites (tertiary alicyclic amines) is 1. The second-order valence-electron chi connectivity index (χ2n) is 15.5. The van der Waals surface area contributed by atoms with Crippen LogP contribution in [0.3, 0.4) is 0 Å². The summed E-state index contributed by atoms with van der Waals surface area (Å²) in [6.07, 6.45) is 7.12. The van der Waals surface area contributed by atoms with Gasteiger partial charge in [-0.05, 0) is 105 Å². The number of amides is 2. The summed E-state index contributed by atoms with van der Waals surface area (Å²) in [5.41, 5.74) is 7.95. The zero-order valence-corrected chi connectivity index (χ0v) is 28.2. The zero-order chi connectivity index (χ0) is 33.1. The van der Waals surface area contributed by atoms with E-state index < -0.39 is 23.0 Å². The summed E-state index contributed by atoms with van der Waals surface area (Å²) in [7, 11) is 1.87. The number of carbonyl (C=O) groups excluding carboxylic acids is 2. The first-order chi connectivity index (χ1) is 22.5. The summed E-state index contributed by atoms with van der Waals surface area (Å²) in [6.45, 7) is 6.83. The molecule has 2 bridgehead atoms. The summed E-state index contributed by atoms with van der Waals surface area (Å²) < 4.78 is 6.76. The third kappa shape index (κ3) is 5.47. The molecular weight excluding hydrogens is 592 g/mol. The van der Waals surface area contributed by atoms with Gasteiger partial charge in [-0.1, -0.05) is 32.0 Å². The largest absolute Gasteiger partial charge is 0.504 e. The number of rotatable bonds is 12. The van der Waals surface area contributed by atoms with E-state index >= 15 is 0 Å². The van der Waals surface area contributed by atoms with Crippen molar-refractivity contribution in [3.05, 3.63) is 53.1 Å². The Labute approximate surface area is 278 Å². The molecule has 6 atom stereocenters. The Morgan fingerprint density at radius 3 is 2.60 bits per heavy atom. The Hall–Kier alpha value is -3.30. The lowest BCUT2D eigenvalue weighted by molar-refractivity contribution is -0.200. The van der Waals surface area contributed by atoms with Crippen molar-refractivity contribution in [2.45, 2.75) is 113 Å². The Morgan fingerprint density at radius 1 is 1.11 bits per heavy atom. The molecule has 2 aliphatic heterocycles. The number of hydrogen-bond donors (Lipinski definition) is 4. The first kappa shape index (κ1) is 32.3. The van der Waals surface area contributed by atoms with Crippen LogP contribution >= 0.6 is 0 Å². The number of ether oxygens (including phenoxy) is 1. The Balaban J connectivity index is 1.15. The van der Waals surface area contributed by atoms with E-state index in [1.165, 1.54) is 12.8 Å². The summed E-state index contributed by atoms with van der Waals surface area (Å²) in [6, 6.07) is 10.9. The van der Waals surface area contributed by atoms with Crippen LogP contribution in [0.5, 0.6) is 11.5 Å². The third-order valence-electron chi connectivity index (χ3n) is 12.2. The quantitative estimate of drug-likeness (QED) is 0.251. The van der Waals surface area contributed by atoms with E-state index in [1.807, 2.05) is 42.3 Å². The molecule has 0 radical (unpaired) electrons. The molecule has 6 unspecified atom stereocenters. The van der Waals surface area contributed by atoms with Gasteiger partial charge in [-0.3, -0.25) is 14.5 Å². The highest BCUT2D eigenvalue weighted by Gasteiger charge is 2.73. The van der Waals surface area contributed by atoms with E-state index in [1.54, 1.807) is 6.07 Å². The molecule has 254 valence electrons. The number of nitrogens with zero attached hydrogens (tertiary/aromatic N) is 2. The molecule has 9 heteroatoms. The molecule has 1 spiro atoms. The van der Waals surface area contributed by atoms with Gasteiger partial charge in [-0.25, -0.2) is 0 Å². The summed E-state index contributed by atoms with van der Waals surface area (Å²) in [4.78, 5) is 31.6. The van der Waals surface area contributed by atoms with Crippen LogP contribution in [0.25, 0.3) is 0 Å². The highest BCUT2D eigenvalue weighted by atomic mass is 16.5. The number of aromatic hydroxyl groups is 1. The number of nitrogen functional groups attached to an aromatic ring is 1. The van der Waals surface area contributed by atoms with Gasteiger partial charge in [0.2, 0.25) is 11.8 Å². The van der Waals surface area contributed by atoms with E-state index in [4.69, 9.17) is 10.5 Å². The predicted molar refractivity (Wildman–Crippen MR) is 181 cm³/mol. The van der Waals surface area contributed by atoms with Crippen molar-refractivity contribution in [1.29, 1.82) is 0 Å². The lowest BCUT2D eigenvalue weighted by Gasteiger charge is -2.64. The van der Waals surface area contributed by atoms with Gasteiger partial charge < -0.3 is 30.9 Å². The molecule has 7 rings (SSSR count). The van der Waals surface area contributed by atoms with Crippen LogP contribution < -0.4 is 15.8 Å². The number of nitrogens with one attached hydrogen (secondary N) is 1. The molecule has 2 amide bonds. The number of aliphatic hydroxyl groups is 1. The maximum Gasteiger partial charge on any atom is 0.230 e. The number of carbonyl (C=O) groups is 2. The molecule has 1 saturated heterocycles. The monoisotopic (exact) mass is 644 g/mol. The van der Waals surface area contributed by atoms with E-state index in [0.29, 0.717) is 56.0 Å². The second-order valence-corrected chi connectivity index (χ2v) is 15.5. The minimum absolute atomic E-state index is 0.0119. The minimum Gasteiger partial charge on any atom is -0.504 e. The predicted octanol–water partition coefficient (Wildman–Crippen LogP) is 4.48. The first-order valence-corrected chi connectivity index (χ1v) is 17.9. The van der Waals surface area contributed by atoms with Crippen LogP contribution in [0.15, 0.2) is 36.4 Å². The van der Waals surface area contributed by atoms with E-state index in [0.717, 1.165) is 55.0 Å². The van der Waals surface area contributed by atoms with Gasteiger partial charge in [0.1, 0.15) is 6.10 Å². The van der Waals surface area contributed by atoms with Crippen molar-refractivity contribution in [3.63, 3.8) is 0 Å². The van der Waals surface area contributed by atoms with Gasteiger partial charge in [0.25, 0.3) is 0 Å². The van der Waals surface area contributed by atoms with Gasteiger partial charge in [0.05, 0.1) is 23.0 Å². The third-order valence-corrected chi connectivity index (χ3v) is 12.2. The molecule has 3 fully saturated rings. The summed E-state index contributed by atoms with van der Waals surface area (Å²) in [5.74, 6) is 1.38. The van der Waals surface area contributed by atoms with Crippen LogP contribution in [0, 0.1) is 11.8 Å². The number of benzene rings is 2. The number of likely N-dealkylation sites (N-methyl/N-ethyl adjacent to an activating group) is 1. The van der Waals surface area contributed by atoms with E-state index in [2.05, 4.69) is 24.1 Å². The van der Waals surface area contributed by atoms with Crippen molar-refractivity contribution in [2.75, 3.05) is 32.4 Å². The SMILES string of the molecule is CC(C)CCNC(=O)CCCC(C(=O)N(C)C1CCC2(O)C3Cc4ccc(O)c5c4C2(CCN3CC2CC2)C1O5)c1ccc(N)cc1. The molecule has 2 aromatic rings. The highest BCUT2D eigenvalue weighted by Crippen LogP contribution is 2.66. The smallest absolute Gasteiger partial charge is 0.230 e. The molecule has 0 aromatic heterocycles. The number of phenolic OH excluding ortho intramolecular Hbond substituents is 1. The van der Waals surface area contributed by atoms with Crippen molar-refractivity contribution in [3.8, 4) is 11.5 Å². The van der Waals surface area contributed by atoms with Gasteiger partial charge in [0, 0.05) is 43.9 Å². The van der Waals surface area contributed by atoms with Crippen LogP contribution in [-0.4, -0.2) is 82.3 Å². The van der Waals surface area contributed by atoms with Gasteiger partial charge in [0.15, 0.2) is 11.5 Å². The maximum absolute atomic E-state index is 14.6. The fourth-order valence-electron chi connectivity index (χ4n) is 9.48. The maximum atomic E-state index is 14.6. The minimum atomic E-state index is -1.00. The van der Waals surface area contributed by atoms with Gasteiger partial charge >= 0.3 is 0 Å². The lowest BCUT2D eigenvalue weighted by atomic mass is 9.48. The van der Waals surface area contributed by atoms with Gasteiger partial charge in [-0.2, -0.15) is 0 Å². The Bertz CT molecular complexity index is 1510. The Morgan fingerprint density at radius 2 is 1.87 bits per heavy atom.